The zero-order chi connectivity index (χ0) is 12.4. The molecular formula is C14H24O3Si. The molecule has 1 saturated carbocycles. The van der Waals surface area contributed by atoms with E-state index in [1.807, 2.05) is 0 Å². The molecule has 0 bridgehead atoms. The van der Waals surface area contributed by atoms with Gasteiger partial charge in [0.25, 0.3) is 0 Å². The Balaban J connectivity index is 1.58. The second-order valence-electron chi connectivity index (χ2n) is 6.00. The Bertz CT molecular complexity index is 314. The first-order valence-corrected chi connectivity index (χ1v) is 8.08. The third-order valence-corrected chi connectivity index (χ3v) is 5.02. The van der Waals surface area contributed by atoms with Gasteiger partial charge in [-0.3, -0.25) is 0 Å². The summed E-state index contributed by atoms with van der Waals surface area (Å²) in [5.41, 5.74) is 0.279. The van der Waals surface area contributed by atoms with E-state index >= 15 is 0 Å². The number of fused-ring (bicyclic) bond motifs is 1. The van der Waals surface area contributed by atoms with Gasteiger partial charge in [0.1, 0.15) is 10.5 Å². The Hall–Kier alpha value is -0.163. The van der Waals surface area contributed by atoms with Crippen LogP contribution in [0.15, 0.2) is 12.2 Å². The van der Waals surface area contributed by atoms with Gasteiger partial charge in [-0.05, 0) is 44.4 Å². The third-order valence-electron chi connectivity index (χ3n) is 4.73. The molecule has 102 valence electrons. The lowest BCUT2D eigenvalue weighted by Crippen LogP contribution is -2.28. The van der Waals surface area contributed by atoms with Crippen molar-refractivity contribution in [3.8, 4) is 0 Å². The topological polar surface area (TPSA) is 27.7 Å². The predicted molar refractivity (Wildman–Crippen MR) is 73.3 cm³/mol. The molecule has 1 heterocycles. The average molecular weight is 268 g/mol. The van der Waals surface area contributed by atoms with Crippen molar-refractivity contribution in [1.82, 2.24) is 0 Å². The summed E-state index contributed by atoms with van der Waals surface area (Å²) < 4.78 is 17.4. The van der Waals surface area contributed by atoms with Crippen molar-refractivity contribution in [1.29, 1.82) is 0 Å². The molecule has 0 radical (unpaired) electrons. The van der Waals surface area contributed by atoms with E-state index in [0.717, 1.165) is 42.5 Å². The van der Waals surface area contributed by atoms with E-state index in [-0.39, 0.29) is 11.7 Å². The molecule has 1 aliphatic heterocycles. The summed E-state index contributed by atoms with van der Waals surface area (Å²) >= 11 is 0. The van der Waals surface area contributed by atoms with Gasteiger partial charge in [-0.1, -0.05) is 12.2 Å². The largest absolute Gasteiger partial charge is 0.427 e. The molecule has 3 nitrogen and oxygen atoms in total. The highest BCUT2D eigenvalue weighted by atomic mass is 28.2. The summed E-state index contributed by atoms with van der Waals surface area (Å²) in [7, 11) is 0.833. The number of rotatable bonds is 4. The van der Waals surface area contributed by atoms with Crippen molar-refractivity contribution in [3.63, 3.8) is 0 Å². The van der Waals surface area contributed by atoms with Crippen LogP contribution in [0, 0.1) is 11.3 Å². The highest BCUT2D eigenvalue weighted by molar-refractivity contribution is 5.98. The van der Waals surface area contributed by atoms with Crippen molar-refractivity contribution in [2.24, 2.45) is 11.3 Å². The molecule has 0 aromatic carbocycles. The molecule has 3 aliphatic rings. The van der Waals surface area contributed by atoms with Crippen molar-refractivity contribution in [2.45, 2.75) is 50.9 Å². The fourth-order valence-corrected chi connectivity index (χ4v) is 4.40. The number of hydrogen-bond acceptors (Lipinski definition) is 3. The molecule has 0 spiro atoms. The average Bonchev–Trinajstić information content (AvgIpc) is 2.87. The lowest BCUT2D eigenvalue weighted by molar-refractivity contribution is -0.187. The SMILES string of the molecule is [SiH3]OCC12C=CCC1CC(OC1CCCCO1)C2. The molecule has 0 aromatic heterocycles. The Morgan fingerprint density at radius 3 is 3.11 bits per heavy atom. The van der Waals surface area contributed by atoms with Crippen molar-refractivity contribution in [3.05, 3.63) is 12.2 Å². The van der Waals surface area contributed by atoms with E-state index in [2.05, 4.69) is 12.2 Å². The Labute approximate surface area is 112 Å². The minimum absolute atomic E-state index is 0.0560. The number of hydrogen-bond donors (Lipinski definition) is 0. The minimum atomic E-state index is 0.0560. The summed E-state index contributed by atoms with van der Waals surface area (Å²) in [6.45, 7) is 1.77. The van der Waals surface area contributed by atoms with E-state index in [1.54, 1.807) is 0 Å². The van der Waals surface area contributed by atoms with Crippen LogP contribution < -0.4 is 0 Å². The molecule has 0 N–H and O–H groups in total. The Morgan fingerprint density at radius 1 is 1.39 bits per heavy atom. The first kappa shape index (κ1) is 12.8. The Morgan fingerprint density at radius 2 is 2.33 bits per heavy atom. The van der Waals surface area contributed by atoms with E-state index < -0.39 is 0 Å². The molecule has 4 heteroatoms. The van der Waals surface area contributed by atoms with Crippen molar-refractivity contribution < 1.29 is 13.9 Å². The van der Waals surface area contributed by atoms with Gasteiger partial charge >= 0.3 is 0 Å². The second-order valence-corrected chi connectivity index (χ2v) is 6.57. The second kappa shape index (κ2) is 5.45. The van der Waals surface area contributed by atoms with Crippen LogP contribution in [-0.2, 0) is 13.9 Å². The van der Waals surface area contributed by atoms with Crippen LogP contribution >= 0.6 is 0 Å². The molecular weight excluding hydrogens is 244 g/mol. The van der Waals surface area contributed by atoms with Gasteiger partial charge in [0, 0.05) is 18.6 Å². The highest BCUT2D eigenvalue weighted by Gasteiger charge is 2.48. The quantitative estimate of drug-likeness (QED) is 0.572. The zero-order valence-corrected chi connectivity index (χ0v) is 13.3. The lowest BCUT2D eigenvalue weighted by Gasteiger charge is -2.28. The summed E-state index contributed by atoms with van der Waals surface area (Å²) in [6, 6.07) is 0. The van der Waals surface area contributed by atoms with Gasteiger partial charge in [-0.2, -0.15) is 0 Å². The monoisotopic (exact) mass is 268 g/mol. The minimum Gasteiger partial charge on any atom is -0.427 e. The van der Waals surface area contributed by atoms with E-state index in [1.165, 1.54) is 25.7 Å². The lowest BCUT2D eigenvalue weighted by atomic mass is 9.82. The van der Waals surface area contributed by atoms with Crippen LogP contribution in [0.25, 0.3) is 0 Å². The van der Waals surface area contributed by atoms with E-state index in [9.17, 15) is 0 Å². The fraction of sp³-hybridized carbons (Fsp3) is 0.857. The fourth-order valence-electron chi connectivity index (χ4n) is 3.86. The molecule has 3 rings (SSSR count). The summed E-state index contributed by atoms with van der Waals surface area (Å²) in [6.07, 6.45) is 12.2. The first-order chi connectivity index (χ1) is 8.82. The van der Waals surface area contributed by atoms with Gasteiger partial charge in [-0.15, -0.1) is 0 Å². The summed E-state index contributed by atoms with van der Waals surface area (Å²) in [5, 5.41) is 0. The molecule has 0 amide bonds. The van der Waals surface area contributed by atoms with Crippen LogP contribution in [0.3, 0.4) is 0 Å². The summed E-state index contributed by atoms with van der Waals surface area (Å²) in [4.78, 5) is 0. The predicted octanol–water partition coefficient (Wildman–Crippen LogP) is 1.55. The van der Waals surface area contributed by atoms with E-state index in [4.69, 9.17) is 13.9 Å². The Kier molecular flexibility index (Phi) is 3.89. The molecule has 2 fully saturated rings. The molecule has 18 heavy (non-hydrogen) atoms. The molecule has 0 aromatic rings. The van der Waals surface area contributed by atoms with Gasteiger partial charge in [0.2, 0.25) is 0 Å². The van der Waals surface area contributed by atoms with Crippen LogP contribution in [0.2, 0.25) is 0 Å². The van der Waals surface area contributed by atoms with Crippen LogP contribution in [0.1, 0.15) is 38.5 Å². The zero-order valence-electron chi connectivity index (χ0n) is 11.3. The number of allylic oxidation sites excluding steroid dienone is 1. The van der Waals surface area contributed by atoms with Crippen molar-refractivity contribution >= 4 is 10.5 Å². The maximum Gasteiger partial charge on any atom is 0.157 e. The molecule has 4 unspecified atom stereocenters. The maximum absolute atomic E-state index is 6.16. The molecule has 2 aliphatic carbocycles. The number of ether oxygens (including phenoxy) is 2. The maximum atomic E-state index is 6.16. The smallest absolute Gasteiger partial charge is 0.157 e. The highest BCUT2D eigenvalue weighted by Crippen LogP contribution is 2.51. The van der Waals surface area contributed by atoms with Crippen LogP contribution in [0.5, 0.6) is 0 Å². The van der Waals surface area contributed by atoms with Crippen LogP contribution in [-0.4, -0.2) is 36.1 Å². The first-order valence-electron chi connectivity index (χ1n) is 7.26. The normalized spacial score (nSPS) is 43.4. The van der Waals surface area contributed by atoms with Gasteiger partial charge in [0.15, 0.2) is 6.29 Å². The summed E-state index contributed by atoms with van der Waals surface area (Å²) in [5.74, 6) is 0.736. The molecule has 4 atom stereocenters. The van der Waals surface area contributed by atoms with Gasteiger partial charge in [0.05, 0.1) is 6.10 Å². The van der Waals surface area contributed by atoms with Crippen LogP contribution in [0.4, 0.5) is 0 Å². The van der Waals surface area contributed by atoms with Gasteiger partial charge in [-0.25, -0.2) is 0 Å². The van der Waals surface area contributed by atoms with Crippen molar-refractivity contribution in [2.75, 3.05) is 13.2 Å². The van der Waals surface area contributed by atoms with Gasteiger partial charge < -0.3 is 13.9 Å². The third kappa shape index (κ3) is 2.44. The van der Waals surface area contributed by atoms with E-state index in [0.29, 0.717) is 6.10 Å². The standard InChI is InChI=1S/C14H24O3Si/c18-16-10-14-6-3-4-11(14)8-12(9-14)17-13-5-1-2-7-15-13/h3,6,11-13H,1-2,4-5,7-10H2,18H3. The molecule has 1 saturated heterocycles.